The van der Waals surface area contributed by atoms with E-state index in [0.717, 1.165) is 0 Å². The molecule has 0 saturated carbocycles. The lowest BCUT2D eigenvalue weighted by molar-refractivity contribution is -0.110. The fraction of sp³-hybridized carbons (Fsp3) is 0.167. The number of amides is 1. The quantitative estimate of drug-likeness (QED) is 0.874. The minimum Gasteiger partial charge on any atom is -0.493 e. The van der Waals surface area contributed by atoms with Crippen LogP contribution in [-0.4, -0.2) is 27.2 Å². The molecule has 6 heteroatoms. The third kappa shape index (κ3) is 2.67. The van der Waals surface area contributed by atoms with Crippen LogP contribution >= 0.6 is 0 Å². The van der Waals surface area contributed by atoms with Crippen molar-refractivity contribution in [3.8, 4) is 17.2 Å². The molecule has 0 aliphatic carbocycles. The van der Waals surface area contributed by atoms with Gasteiger partial charge in [0.15, 0.2) is 11.5 Å². The van der Waals surface area contributed by atoms with Crippen molar-refractivity contribution in [1.82, 2.24) is 0 Å². The monoisotopic (exact) mass is 329 g/mol. The molecule has 0 bridgehead atoms. The predicted molar refractivity (Wildman–Crippen MR) is 89.0 cm³/mol. The van der Waals surface area contributed by atoms with E-state index in [9.17, 15) is 9.18 Å². The third-order valence-electron chi connectivity index (χ3n) is 3.76. The zero-order chi connectivity index (χ0) is 17.3. The van der Waals surface area contributed by atoms with Crippen molar-refractivity contribution in [3.63, 3.8) is 0 Å². The molecule has 0 radical (unpaired) electrons. The van der Waals surface area contributed by atoms with Gasteiger partial charge in [-0.05, 0) is 42.0 Å². The van der Waals surface area contributed by atoms with E-state index >= 15 is 0 Å². The zero-order valence-electron chi connectivity index (χ0n) is 13.5. The van der Waals surface area contributed by atoms with Gasteiger partial charge in [0.2, 0.25) is 5.75 Å². The van der Waals surface area contributed by atoms with E-state index in [2.05, 4.69) is 5.32 Å². The van der Waals surface area contributed by atoms with Crippen molar-refractivity contribution >= 4 is 23.2 Å². The average Bonchev–Trinajstić information content (AvgIpc) is 2.89. The van der Waals surface area contributed by atoms with Gasteiger partial charge >= 0.3 is 0 Å². The zero-order valence-corrected chi connectivity index (χ0v) is 13.5. The normalized spacial score (nSPS) is 14.3. The van der Waals surface area contributed by atoms with Gasteiger partial charge in [-0.25, -0.2) is 4.39 Å². The number of hydrogen-bond donors (Lipinski definition) is 1. The minimum absolute atomic E-state index is 0.288. The van der Waals surface area contributed by atoms with Gasteiger partial charge in [-0.1, -0.05) is 0 Å². The van der Waals surface area contributed by atoms with Gasteiger partial charge in [0, 0.05) is 16.8 Å². The average molecular weight is 329 g/mol. The Morgan fingerprint density at radius 2 is 1.67 bits per heavy atom. The summed E-state index contributed by atoms with van der Waals surface area (Å²) in [5.41, 5.74) is 2.15. The maximum Gasteiger partial charge on any atom is 0.256 e. The van der Waals surface area contributed by atoms with Crippen molar-refractivity contribution < 1.29 is 23.4 Å². The molecule has 1 amide bonds. The van der Waals surface area contributed by atoms with Crippen LogP contribution in [0.15, 0.2) is 30.3 Å². The van der Waals surface area contributed by atoms with Gasteiger partial charge in [-0.2, -0.15) is 0 Å². The molecule has 1 aliphatic rings. The molecule has 1 heterocycles. The van der Waals surface area contributed by atoms with Crippen LogP contribution < -0.4 is 19.5 Å². The number of halogens is 1. The van der Waals surface area contributed by atoms with Crippen molar-refractivity contribution in [2.24, 2.45) is 0 Å². The Balaban J connectivity index is 2.13. The molecule has 1 N–H and O–H groups in total. The smallest absolute Gasteiger partial charge is 0.256 e. The maximum atomic E-state index is 13.5. The molecule has 0 fully saturated rings. The summed E-state index contributed by atoms with van der Waals surface area (Å²) in [5, 5.41) is 2.71. The summed E-state index contributed by atoms with van der Waals surface area (Å²) in [7, 11) is 4.55. The van der Waals surface area contributed by atoms with Gasteiger partial charge in [0.25, 0.3) is 5.91 Å². The van der Waals surface area contributed by atoms with Crippen LogP contribution in [0, 0.1) is 5.82 Å². The van der Waals surface area contributed by atoms with Crippen molar-refractivity contribution in [2.45, 2.75) is 0 Å². The molecular formula is C18H16FNO4. The summed E-state index contributed by atoms with van der Waals surface area (Å²) in [6.07, 6.45) is 1.66. The Morgan fingerprint density at radius 1 is 1.00 bits per heavy atom. The number of rotatable bonds is 4. The molecular weight excluding hydrogens is 313 g/mol. The number of benzene rings is 2. The predicted octanol–water partition coefficient (Wildman–Crippen LogP) is 3.34. The Hall–Kier alpha value is -3.02. The highest BCUT2D eigenvalue weighted by atomic mass is 19.1. The van der Waals surface area contributed by atoms with Crippen LogP contribution in [0.4, 0.5) is 10.1 Å². The number of fused-ring (bicyclic) bond motifs is 1. The van der Waals surface area contributed by atoms with Gasteiger partial charge in [0.1, 0.15) is 5.82 Å². The number of nitrogens with one attached hydrogen (secondary N) is 1. The van der Waals surface area contributed by atoms with Gasteiger partial charge in [-0.3, -0.25) is 4.79 Å². The van der Waals surface area contributed by atoms with E-state index in [1.165, 1.54) is 33.5 Å². The van der Waals surface area contributed by atoms with Gasteiger partial charge < -0.3 is 19.5 Å². The first kappa shape index (κ1) is 15.9. The molecule has 0 saturated heterocycles. The van der Waals surface area contributed by atoms with Crippen LogP contribution in [0.3, 0.4) is 0 Å². The summed E-state index contributed by atoms with van der Waals surface area (Å²) >= 11 is 0. The SMILES string of the molecule is COc1cc(C=C2C(=O)Nc3ccc(F)cc32)cc(OC)c1OC. The second kappa shape index (κ2) is 6.23. The first-order chi connectivity index (χ1) is 11.6. The Labute approximate surface area is 138 Å². The van der Waals surface area contributed by atoms with Crippen molar-refractivity contribution in [1.29, 1.82) is 0 Å². The van der Waals surface area contributed by atoms with Crippen LogP contribution in [0.25, 0.3) is 11.6 Å². The van der Waals surface area contributed by atoms with E-state index in [0.29, 0.717) is 39.6 Å². The second-order valence-electron chi connectivity index (χ2n) is 5.16. The van der Waals surface area contributed by atoms with Crippen LogP contribution in [0.1, 0.15) is 11.1 Å². The minimum atomic E-state index is -0.402. The second-order valence-corrected chi connectivity index (χ2v) is 5.16. The Morgan fingerprint density at radius 3 is 2.25 bits per heavy atom. The lowest BCUT2D eigenvalue weighted by Crippen LogP contribution is -2.03. The van der Waals surface area contributed by atoms with Crippen LogP contribution in [0.5, 0.6) is 17.2 Å². The Kier molecular flexibility index (Phi) is 4.12. The number of methoxy groups -OCH3 is 3. The molecule has 5 nitrogen and oxygen atoms in total. The maximum absolute atomic E-state index is 13.5. The molecule has 2 aromatic rings. The number of carbonyl (C=O) groups is 1. The van der Waals surface area contributed by atoms with Crippen LogP contribution in [0.2, 0.25) is 0 Å². The molecule has 0 unspecified atom stereocenters. The molecule has 124 valence electrons. The van der Waals surface area contributed by atoms with E-state index in [1.54, 1.807) is 24.3 Å². The molecule has 0 aromatic heterocycles. The van der Waals surface area contributed by atoms with Gasteiger partial charge in [-0.15, -0.1) is 0 Å². The fourth-order valence-electron chi connectivity index (χ4n) is 2.65. The molecule has 0 atom stereocenters. The summed E-state index contributed by atoms with van der Waals surface area (Å²) in [6, 6.07) is 7.62. The van der Waals surface area contributed by atoms with E-state index < -0.39 is 5.82 Å². The largest absolute Gasteiger partial charge is 0.493 e. The van der Waals surface area contributed by atoms with Gasteiger partial charge in [0.05, 0.1) is 21.3 Å². The lowest BCUT2D eigenvalue weighted by Gasteiger charge is -2.13. The molecule has 2 aromatic carbocycles. The highest BCUT2D eigenvalue weighted by Gasteiger charge is 2.25. The topological polar surface area (TPSA) is 56.8 Å². The lowest BCUT2D eigenvalue weighted by atomic mass is 10.0. The number of anilines is 1. The van der Waals surface area contributed by atoms with E-state index in [1.807, 2.05) is 0 Å². The number of ether oxygens (including phenoxy) is 3. The van der Waals surface area contributed by atoms with Crippen molar-refractivity contribution in [2.75, 3.05) is 26.6 Å². The van der Waals surface area contributed by atoms with Crippen molar-refractivity contribution in [3.05, 3.63) is 47.3 Å². The van der Waals surface area contributed by atoms with E-state index in [4.69, 9.17) is 14.2 Å². The molecule has 1 aliphatic heterocycles. The molecule has 3 rings (SSSR count). The standard InChI is InChI=1S/C18H16FNO4/c1-22-15-7-10(8-16(23-2)17(15)24-3)6-13-12-9-11(19)4-5-14(12)20-18(13)21/h4-9H,1-3H3,(H,20,21). The number of hydrogen-bond acceptors (Lipinski definition) is 4. The highest BCUT2D eigenvalue weighted by molar-refractivity contribution is 6.34. The summed E-state index contributed by atoms with van der Waals surface area (Å²) in [4.78, 5) is 12.2. The first-order valence-corrected chi connectivity index (χ1v) is 7.20. The summed E-state index contributed by atoms with van der Waals surface area (Å²) in [6.45, 7) is 0. The first-order valence-electron chi connectivity index (χ1n) is 7.20. The Bertz CT molecular complexity index is 820. The van der Waals surface area contributed by atoms with Crippen LogP contribution in [-0.2, 0) is 4.79 Å². The van der Waals surface area contributed by atoms with E-state index in [-0.39, 0.29) is 5.91 Å². The fourth-order valence-corrected chi connectivity index (χ4v) is 2.65. The third-order valence-corrected chi connectivity index (χ3v) is 3.76. The summed E-state index contributed by atoms with van der Waals surface area (Å²) in [5.74, 6) is 0.720. The highest BCUT2D eigenvalue weighted by Crippen LogP contribution is 2.40. The molecule has 24 heavy (non-hydrogen) atoms. The summed E-state index contributed by atoms with van der Waals surface area (Å²) < 4.78 is 29.4. The number of carbonyl (C=O) groups excluding carboxylic acids is 1. The molecule has 0 spiro atoms.